The molecule has 24 heavy (non-hydrogen) atoms. The molecule has 1 aliphatic heterocycles. The monoisotopic (exact) mass is 341 g/mol. The molecule has 122 valence electrons. The molecule has 2 aromatic rings. The lowest BCUT2D eigenvalue weighted by Gasteiger charge is -2.34. The summed E-state index contributed by atoms with van der Waals surface area (Å²) in [7, 11) is -3.99. The third-order valence-electron chi connectivity index (χ3n) is 3.88. The topological polar surface area (TPSA) is 90.3 Å². The summed E-state index contributed by atoms with van der Waals surface area (Å²) in [6, 6.07) is 15.7. The fourth-order valence-corrected chi connectivity index (χ4v) is 4.49. The van der Waals surface area contributed by atoms with Gasteiger partial charge in [-0.15, -0.1) is 0 Å². The first kappa shape index (κ1) is 16.2. The van der Waals surface area contributed by atoms with Crippen molar-refractivity contribution in [3.05, 3.63) is 65.7 Å². The van der Waals surface area contributed by atoms with Crippen molar-refractivity contribution in [2.75, 3.05) is 13.1 Å². The van der Waals surface area contributed by atoms with E-state index in [1.54, 1.807) is 42.5 Å². The molecule has 1 amide bonds. The third-order valence-corrected chi connectivity index (χ3v) is 5.80. The minimum atomic E-state index is -3.99. The second-order valence-electron chi connectivity index (χ2n) is 5.33. The number of sulfonamides is 1. The second-order valence-corrected chi connectivity index (χ2v) is 7.19. The number of hydrogen-bond acceptors (Lipinski definition) is 4. The van der Waals surface area contributed by atoms with Gasteiger partial charge in [-0.3, -0.25) is 4.79 Å². The van der Waals surface area contributed by atoms with Crippen LogP contribution in [-0.2, 0) is 14.8 Å². The Bertz CT molecular complexity index is 904. The van der Waals surface area contributed by atoms with Gasteiger partial charge in [0.25, 0.3) is 0 Å². The van der Waals surface area contributed by atoms with E-state index in [9.17, 15) is 18.5 Å². The molecule has 1 unspecified atom stereocenters. The van der Waals surface area contributed by atoms with Crippen LogP contribution in [-0.4, -0.2) is 31.7 Å². The van der Waals surface area contributed by atoms with Crippen molar-refractivity contribution < 1.29 is 13.2 Å². The zero-order valence-corrected chi connectivity index (χ0v) is 13.5. The maximum atomic E-state index is 13.1. The Hall–Kier alpha value is -2.69. The van der Waals surface area contributed by atoms with Crippen LogP contribution < -0.4 is 5.32 Å². The summed E-state index contributed by atoms with van der Waals surface area (Å²) in [5.41, 5.74) is 0.656. The first-order valence-corrected chi connectivity index (χ1v) is 8.83. The molecule has 0 bridgehead atoms. The van der Waals surface area contributed by atoms with Gasteiger partial charge in [0, 0.05) is 13.1 Å². The maximum Gasteiger partial charge on any atom is 0.245 e. The number of rotatable bonds is 3. The largest absolute Gasteiger partial charge is 0.353 e. The summed E-state index contributed by atoms with van der Waals surface area (Å²) >= 11 is 0. The number of amides is 1. The molecule has 0 aliphatic carbocycles. The average Bonchev–Trinajstić information content (AvgIpc) is 2.62. The van der Waals surface area contributed by atoms with Crippen molar-refractivity contribution in [3.63, 3.8) is 0 Å². The van der Waals surface area contributed by atoms with E-state index in [2.05, 4.69) is 5.32 Å². The van der Waals surface area contributed by atoms with Gasteiger partial charge < -0.3 is 5.32 Å². The van der Waals surface area contributed by atoms with Crippen LogP contribution in [0.1, 0.15) is 17.2 Å². The Kier molecular flexibility index (Phi) is 4.34. The molecule has 1 saturated heterocycles. The van der Waals surface area contributed by atoms with Crippen LogP contribution in [0.4, 0.5) is 0 Å². The number of nitriles is 1. The smallest absolute Gasteiger partial charge is 0.245 e. The van der Waals surface area contributed by atoms with Crippen LogP contribution in [0.15, 0.2) is 59.5 Å². The van der Waals surface area contributed by atoms with Gasteiger partial charge in [0.15, 0.2) is 0 Å². The van der Waals surface area contributed by atoms with E-state index in [0.717, 1.165) is 4.31 Å². The molecule has 1 heterocycles. The molecule has 0 spiro atoms. The normalized spacial score (nSPS) is 18.6. The summed E-state index contributed by atoms with van der Waals surface area (Å²) in [5, 5.41) is 11.9. The maximum absolute atomic E-state index is 13.1. The predicted octanol–water partition coefficient (Wildman–Crippen LogP) is 1.42. The number of nitrogens with zero attached hydrogens (tertiary/aromatic N) is 2. The highest BCUT2D eigenvalue weighted by Crippen LogP contribution is 2.30. The molecule has 3 rings (SSSR count). The van der Waals surface area contributed by atoms with Gasteiger partial charge in [-0.05, 0) is 17.7 Å². The van der Waals surface area contributed by atoms with Crippen LogP contribution in [0.5, 0.6) is 0 Å². The Morgan fingerprint density at radius 2 is 1.75 bits per heavy atom. The average molecular weight is 341 g/mol. The zero-order chi connectivity index (χ0) is 17.2. The van der Waals surface area contributed by atoms with E-state index in [-0.39, 0.29) is 29.5 Å². The lowest BCUT2D eigenvalue weighted by molar-refractivity contribution is -0.126. The molecule has 7 heteroatoms. The fraction of sp³-hybridized carbons (Fsp3) is 0.176. The quantitative estimate of drug-likeness (QED) is 0.914. The molecular weight excluding hydrogens is 326 g/mol. The third kappa shape index (κ3) is 2.77. The number of nitrogens with one attached hydrogen (secondary N) is 1. The highest BCUT2D eigenvalue weighted by atomic mass is 32.2. The van der Waals surface area contributed by atoms with Crippen LogP contribution in [0.2, 0.25) is 0 Å². The van der Waals surface area contributed by atoms with Crippen LogP contribution in [0.25, 0.3) is 0 Å². The van der Waals surface area contributed by atoms with Gasteiger partial charge >= 0.3 is 0 Å². The van der Waals surface area contributed by atoms with Crippen LogP contribution in [0.3, 0.4) is 0 Å². The standard InChI is InChI=1S/C17H15N3O3S/c18-12-14-8-4-5-9-15(14)24(22,23)20-11-10-19-17(21)16(20)13-6-2-1-3-7-13/h1-9,16H,10-11H2,(H,19,21). The van der Waals surface area contributed by atoms with Crippen molar-refractivity contribution in [3.8, 4) is 6.07 Å². The summed E-state index contributed by atoms with van der Waals surface area (Å²) in [6.07, 6.45) is 0. The Balaban J connectivity index is 2.11. The van der Waals surface area contributed by atoms with Gasteiger partial charge in [-0.25, -0.2) is 8.42 Å². The molecule has 6 nitrogen and oxygen atoms in total. The number of hydrogen-bond donors (Lipinski definition) is 1. The lowest BCUT2D eigenvalue weighted by Crippen LogP contribution is -2.52. The van der Waals surface area contributed by atoms with E-state index in [0.29, 0.717) is 5.56 Å². The Labute approximate surface area is 140 Å². The number of piperazine rings is 1. The van der Waals surface area contributed by atoms with Crippen molar-refractivity contribution >= 4 is 15.9 Å². The predicted molar refractivity (Wildman–Crippen MR) is 87.2 cm³/mol. The first-order chi connectivity index (χ1) is 11.6. The van der Waals surface area contributed by atoms with Gasteiger partial charge in [-0.1, -0.05) is 42.5 Å². The van der Waals surface area contributed by atoms with E-state index in [1.165, 1.54) is 12.1 Å². The molecule has 0 saturated carbocycles. The molecule has 1 fully saturated rings. The summed E-state index contributed by atoms with van der Waals surface area (Å²) < 4.78 is 27.3. The van der Waals surface area contributed by atoms with Crippen molar-refractivity contribution in [1.29, 1.82) is 5.26 Å². The zero-order valence-electron chi connectivity index (χ0n) is 12.7. The molecule has 0 aromatic heterocycles. The van der Waals surface area contributed by atoms with Crippen molar-refractivity contribution in [2.24, 2.45) is 0 Å². The summed E-state index contributed by atoms with van der Waals surface area (Å²) in [4.78, 5) is 12.3. The minimum Gasteiger partial charge on any atom is -0.353 e. The van der Waals surface area contributed by atoms with Crippen molar-refractivity contribution in [2.45, 2.75) is 10.9 Å². The number of carbonyl (C=O) groups is 1. The Morgan fingerprint density at radius 3 is 2.46 bits per heavy atom. The second kappa shape index (κ2) is 6.43. The van der Waals surface area contributed by atoms with Gasteiger partial charge in [0.2, 0.25) is 15.9 Å². The van der Waals surface area contributed by atoms with Gasteiger partial charge in [0.05, 0.1) is 10.5 Å². The molecule has 0 radical (unpaired) electrons. The SMILES string of the molecule is N#Cc1ccccc1S(=O)(=O)N1CCNC(=O)C1c1ccccc1. The first-order valence-electron chi connectivity index (χ1n) is 7.39. The lowest BCUT2D eigenvalue weighted by atomic mass is 10.1. The minimum absolute atomic E-state index is 0.0651. The number of carbonyl (C=O) groups excluding carboxylic acids is 1. The van der Waals surface area contributed by atoms with E-state index >= 15 is 0 Å². The molecular formula is C17H15N3O3S. The van der Waals surface area contributed by atoms with E-state index < -0.39 is 16.1 Å². The molecule has 2 aromatic carbocycles. The highest BCUT2D eigenvalue weighted by Gasteiger charge is 2.40. The van der Waals surface area contributed by atoms with Gasteiger partial charge in [0.1, 0.15) is 12.1 Å². The molecule has 1 aliphatic rings. The van der Waals surface area contributed by atoms with Crippen LogP contribution in [0, 0.1) is 11.3 Å². The van der Waals surface area contributed by atoms with Crippen molar-refractivity contribution in [1.82, 2.24) is 9.62 Å². The van der Waals surface area contributed by atoms with Gasteiger partial charge in [-0.2, -0.15) is 9.57 Å². The van der Waals surface area contributed by atoms with E-state index in [4.69, 9.17) is 0 Å². The number of benzene rings is 2. The van der Waals surface area contributed by atoms with Crippen LogP contribution >= 0.6 is 0 Å². The summed E-state index contributed by atoms with van der Waals surface area (Å²) in [6.45, 7) is 0.378. The molecule has 1 atom stereocenters. The molecule has 1 N–H and O–H groups in total. The Morgan fingerprint density at radius 1 is 1.08 bits per heavy atom. The highest BCUT2D eigenvalue weighted by molar-refractivity contribution is 7.89. The van der Waals surface area contributed by atoms with E-state index in [1.807, 2.05) is 6.07 Å². The summed E-state index contributed by atoms with van der Waals surface area (Å²) in [5.74, 6) is -0.370. The fourth-order valence-electron chi connectivity index (χ4n) is 2.77.